The van der Waals surface area contributed by atoms with Crippen LogP contribution in [-0.2, 0) is 57.0 Å². The quantitative estimate of drug-likeness (QED) is 0.0730. The molecule has 0 saturated carbocycles. The molecule has 0 aromatic heterocycles. The van der Waals surface area contributed by atoms with E-state index in [1.54, 1.807) is 0 Å². The molecule has 1 amide bonds. The fourth-order valence-electron chi connectivity index (χ4n) is 3.69. The number of rotatable bonds is 38. The lowest BCUT2D eigenvalue weighted by Crippen LogP contribution is -2.25. The SMILES string of the molecule is CCCCCCCCC(=O)OCCOCCOCCOCCOCCOCCOCCOCCOCCCNC(=O)CCC(=O)O. The van der Waals surface area contributed by atoms with Gasteiger partial charge >= 0.3 is 11.9 Å². The lowest BCUT2D eigenvalue weighted by atomic mass is 10.1. The zero-order valence-electron chi connectivity index (χ0n) is 28.1. The number of carboxylic acids is 1. The summed E-state index contributed by atoms with van der Waals surface area (Å²) in [5, 5.41) is 11.2. The van der Waals surface area contributed by atoms with Crippen molar-refractivity contribution in [2.45, 2.75) is 71.1 Å². The molecule has 0 radical (unpaired) electrons. The highest BCUT2D eigenvalue weighted by Gasteiger charge is 2.04. The number of carboxylic acid groups (broad SMARTS) is 1. The van der Waals surface area contributed by atoms with Crippen molar-refractivity contribution in [3.05, 3.63) is 0 Å². The fraction of sp³-hybridized carbons (Fsp3) is 0.906. The first-order valence-corrected chi connectivity index (χ1v) is 16.8. The number of aliphatic carboxylic acids is 1. The molecule has 0 aliphatic heterocycles. The van der Waals surface area contributed by atoms with Crippen LogP contribution in [-0.4, -0.2) is 142 Å². The highest BCUT2D eigenvalue weighted by molar-refractivity contribution is 5.80. The fourth-order valence-corrected chi connectivity index (χ4v) is 3.69. The summed E-state index contributed by atoms with van der Waals surface area (Å²) in [6, 6.07) is 0. The topological polar surface area (TPSA) is 167 Å². The van der Waals surface area contributed by atoms with Gasteiger partial charge in [0.25, 0.3) is 0 Å². The number of unbranched alkanes of at least 4 members (excludes halogenated alkanes) is 5. The Hall–Kier alpha value is -1.91. The van der Waals surface area contributed by atoms with Crippen molar-refractivity contribution in [3.63, 3.8) is 0 Å². The first-order valence-electron chi connectivity index (χ1n) is 16.8. The molecule has 0 fully saturated rings. The number of carbonyl (C=O) groups excluding carboxylic acids is 2. The van der Waals surface area contributed by atoms with E-state index in [1.807, 2.05) is 0 Å². The molecule has 0 aromatic rings. The summed E-state index contributed by atoms with van der Waals surface area (Å²) < 4.78 is 48.7. The second kappa shape index (κ2) is 37.5. The Morgan fingerprint density at radius 2 is 0.848 bits per heavy atom. The highest BCUT2D eigenvalue weighted by atomic mass is 16.6. The van der Waals surface area contributed by atoms with Gasteiger partial charge in [0.2, 0.25) is 5.91 Å². The average Bonchev–Trinajstić information content (AvgIpc) is 3.04. The van der Waals surface area contributed by atoms with Gasteiger partial charge in [-0.15, -0.1) is 0 Å². The average molecular weight is 668 g/mol. The molecule has 0 aliphatic carbocycles. The summed E-state index contributed by atoms with van der Waals surface area (Å²) in [5.41, 5.74) is 0. The molecule has 0 spiro atoms. The molecule has 14 nitrogen and oxygen atoms in total. The van der Waals surface area contributed by atoms with Crippen molar-refractivity contribution in [1.82, 2.24) is 5.32 Å². The minimum Gasteiger partial charge on any atom is -0.481 e. The Morgan fingerprint density at radius 1 is 0.457 bits per heavy atom. The summed E-state index contributed by atoms with van der Waals surface area (Å²) >= 11 is 0. The third-order valence-corrected chi connectivity index (χ3v) is 6.18. The second-order valence-corrected chi connectivity index (χ2v) is 10.2. The molecule has 14 heteroatoms. The summed E-state index contributed by atoms with van der Waals surface area (Å²) in [4.78, 5) is 33.4. The molecule has 0 bridgehead atoms. The van der Waals surface area contributed by atoms with E-state index in [4.69, 9.17) is 47.7 Å². The van der Waals surface area contributed by atoms with Crippen LogP contribution >= 0.6 is 0 Å². The molecule has 0 heterocycles. The molecule has 0 aliphatic rings. The van der Waals surface area contributed by atoms with Crippen LogP contribution in [0.2, 0.25) is 0 Å². The van der Waals surface area contributed by atoms with E-state index in [-0.39, 0.29) is 31.3 Å². The van der Waals surface area contributed by atoms with Crippen LogP contribution in [0.4, 0.5) is 0 Å². The van der Waals surface area contributed by atoms with Gasteiger partial charge in [-0.2, -0.15) is 0 Å². The van der Waals surface area contributed by atoms with Crippen LogP contribution in [0, 0.1) is 0 Å². The predicted octanol–water partition coefficient (Wildman–Crippen LogP) is 2.78. The van der Waals surface area contributed by atoms with Gasteiger partial charge in [-0.25, -0.2) is 0 Å². The first kappa shape index (κ1) is 44.1. The summed E-state index contributed by atoms with van der Waals surface area (Å²) in [6.07, 6.45) is 7.85. The third-order valence-electron chi connectivity index (χ3n) is 6.18. The van der Waals surface area contributed by atoms with Crippen molar-refractivity contribution in [3.8, 4) is 0 Å². The summed E-state index contributed by atoms with van der Waals surface area (Å²) in [6.45, 7) is 10.3. The van der Waals surface area contributed by atoms with E-state index in [0.29, 0.717) is 125 Å². The maximum absolute atomic E-state index is 11.7. The zero-order valence-corrected chi connectivity index (χ0v) is 28.1. The van der Waals surface area contributed by atoms with E-state index >= 15 is 0 Å². The van der Waals surface area contributed by atoms with Crippen LogP contribution < -0.4 is 5.32 Å². The number of ether oxygens (including phenoxy) is 9. The Labute approximate surface area is 275 Å². The molecular formula is C32H61NO13. The molecular weight excluding hydrogens is 606 g/mol. The van der Waals surface area contributed by atoms with Crippen molar-refractivity contribution in [1.29, 1.82) is 0 Å². The predicted molar refractivity (Wildman–Crippen MR) is 170 cm³/mol. The molecule has 2 N–H and O–H groups in total. The van der Waals surface area contributed by atoms with Crippen molar-refractivity contribution >= 4 is 17.8 Å². The Bertz CT molecular complexity index is 684. The molecule has 0 rings (SSSR count). The monoisotopic (exact) mass is 667 g/mol. The van der Waals surface area contributed by atoms with Crippen molar-refractivity contribution < 1.29 is 62.1 Å². The molecule has 46 heavy (non-hydrogen) atoms. The molecule has 272 valence electrons. The minimum absolute atomic E-state index is 0.0109. The molecule has 0 aromatic carbocycles. The van der Waals surface area contributed by atoms with Gasteiger partial charge in [0, 0.05) is 26.0 Å². The lowest BCUT2D eigenvalue weighted by Gasteiger charge is -2.09. The maximum Gasteiger partial charge on any atom is 0.305 e. The number of hydrogen-bond donors (Lipinski definition) is 2. The van der Waals surface area contributed by atoms with Gasteiger partial charge in [0.1, 0.15) is 6.61 Å². The minimum atomic E-state index is -0.983. The number of nitrogens with one attached hydrogen (secondary N) is 1. The molecule has 0 atom stereocenters. The lowest BCUT2D eigenvalue weighted by molar-refractivity contribution is -0.145. The number of amides is 1. The Kier molecular flexibility index (Phi) is 36.0. The summed E-state index contributed by atoms with van der Waals surface area (Å²) in [7, 11) is 0. The molecule has 0 unspecified atom stereocenters. The molecule has 0 saturated heterocycles. The van der Waals surface area contributed by atoms with Gasteiger partial charge in [0.15, 0.2) is 0 Å². The van der Waals surface area contributed by atoms with E-state index in [2.05, 4.69) is 12.2 Å². The summed E-state index contributed by atoms with van der Waals surface area (Å²) in [5.74, 6) is -1.40. The Morgan fingerprint density at radius 3 is 1.28 bits per heavy atom. The number of hydrogen-bond acceptors (Lipinski definition) is 12. The first-order chi connectivity index (χ1) is 22.6. The van der Waals surface area contributed by atoms with Crippen LogP contribution in [0.5, 0.6) is 0 Å². The van der Waals surface area contributed by atoms with Gasteiger partial charge in [-0.05, 0) is 12.8 Å². The zero-order chi connectivity index (χ0) is 33.6. The maximum atomic E-state index is 11.7. The van der Waals surface area contributed by atoms with E-state index < -0.39 is 5.97 Å². The van der Waals surface area contributed by atoms with E-state index in [0.717, 1.165) is 12.8 Å². The van der Waals surface area contributed by atoms with Crippen LogP contribution in [0.15, 0.2) is 0 Å². The number of carbonyl (C=O) groups is 3. The smallest absolute Gasteiger partial charge is 0.305 e. The standard InChI is InChI=1S/C32H61NO13/c1-2-3-4-5-6-7-9-32(37)46-29-28-45-27-26-44-25-24-43-23-22-42-21-20-41-19-18-40-17-16-39-15-14-38-13-8-12-33-30(34)10-11-31(35)36/h2-29H2,1H3,(H,33,34)(H,35,36). The largest absolute Gasteiger partial charge is 0.481 e. The van der Waals surface area contributed by atoms with Gasteiger partial charge < -0.3 is 53.1 Å². The van der Waals surface area contributed by atoms with E-state index in [9.17, 15) is 14.4 Å². The van der Waals surface area contributed by atoms with Crippen LogP contribution in [0.25, 0.3) is 0 Å². The van der Waals surface area contributed by atoms with Crippen molar-refractivity contribution in [2.75, 3.05) is 119 Å². The Balaban J connectivity index is 3.13. The second-order valence-electron chi connectivity index (χ2n) is 10.2. The highest BCUT2D eigenvalue weighted by Crippen LogP contribution is 2.07. The normalized spacial score (nSPS) is 11.2. The van der Waals surface area contributed by atoms with Crippen LogP contribution in [0.1, 0.15) is 71.1 Å². The van der Waals surface area contributed by atoms with Gasteiger partial charge in [-0.1, -0.05) is 39.0 Å². The van der Waals surface area contributed by atoms with Crippen LogP contribution in [0.3, 0.4) is 0 Å². The van der Waals surface area contributed by atoms with Gasteiger partial charge in [0.05, 0.1) is 106 Å². The third kappa shape index (κ3) is 38.3. The van der Waals surface area contributed by atoms with Gasteiger partial charge in [-0.3, -0.25) is 14.4 Å². The van der Waals surface area contributed by atoms with Crippen molar-refractivity contribution in [2.24, 2.45) is 0 Å². The number of esters is 1. The van der Waals surface area contributed by atoms with E-state index in [1.165, 1.54) is 25.7 Å².